The molecule has 2 aromatic heterocycles. The molecule has 150 valence electrons. The van der Waals surface area contributed by atoms with Crippen LogP contribution >= 0.6 is 0 Å². The molecule has 0 fully saturated rings. The average molecular weight is 391 g/mol. The molecule has 7 heteroatoms. The molecule has 1 aliphatic heterocycles. The molecule has 4 rings (SSSR count). The van der Waals surface area contributed by atoms with Crippen molar-refractivity contribution in [1.29, 1.82) is 0 Å². The highest BCUT2D eigenvalue weighted by Gasteiger charge is 2.19. The second-order valence-electron chi connectivity index (χ2n) is 7.61. The summed E-state index contributed by atoms with van der Waals surface area (Å²) in [6, 6.07) is 9.22. The van der Waals surface area contributed by atoms with Gasteiger partial charge in [-0.25, -0.2) is 4.68 Å². The first-order valence-corrected chi connectivity index (χ1v) is 9.87. The van der Waals surface area contributed by atoms with Crippen LogP contribution in [0.4, 0.5) is 5.69 Å². The normalized spacial score (nSPS) is 14.3. The standard InChI is InChI=1S/C22H25N5O2/c1-13(2)27-21-20(14(3)26-27)18(12-19(28)25-21)22(29)24-17-6-4-15(5-7-17)16-8-10-23-11-9-16/h4-8,12-13,23H,9-11H2,1-3H3,(H,24,29)(H,25,28). The van der Waals surface area contributed by atoms with Crippen LogP contribution in [0.15, 0.2) is 41.2 Å². The van der Waals surface area contributed by atoms with Crippen LogP contribution in [0.1, 0.15) is 47.9 Å². The lowest BCUT2D eigenvalue weighted by molar-refractivity contribution is 0.102. The molecule has 0 saturated carbocycles. The Morgan fingerprint density at radius 3 is 2.66 bits per heavy atom. The third-order valence-electron chi connectivity index (χ3n) is 5.18. The van der Waals surface area contributed by atoms with E-state index in [0.29, 0.717) is 28.0 Å². The Hall–Kier alpha value is -3.19. The predicted molar refractivity (Wildman–Crippen MR) is 115 cm³/mol. The molecule has 1 amide bonds. The van der Waals surface area contributed by atoms with Crippen molar-refractivity contribution < 1.29 is 4.79 Å². The lowest BCUT2D eigenvalue weighted by Gasteiger charge is -2.14. The van der Waals surface area contributed by atoms with E-state index in [1.807, 2.05) is 45.0 Å². The number of pyridine rings is 1. The summed E-state index contributed by atoms with van der Waals surface area (Å²) in [4.78, 5) is 28.0. The summed E-state index contributed by atoms with van der Waals surface area (Å²) in [5.41, 5.74) is 4.46. The van der Waals surface area contributed by atoms with Crippen LogP contribution in [0, 0.1) is 6.92 Å². The molecule has 7 nitrogen and oxygen atoms in total. The SMILES string of the molecule is Cc1nn(C(C)C)c2[nH]c(=O)cc(C(=O)Nc3ccc(C4=CCNCC4)cc3)c12. The number of nitrogens with one attached hydrogen (secondary N) is 3. The zero-order valence-corrected chi connectivity index (χ0v) is 16.9. The van der Waals surface area contributed by atoms with E-state index in [0.717, 1.165) is 25.1 Å². The minimum atomic E-state index is -0.322. The first-order chi connectivity index (χ1) is 13.9. The van der Waals surface area contributed by atoms with Crippen molar-refractivity contribution >= 4 is 28.2 Å². The van der Waals surface area contributed by atoms with Crippen LogP contribution in [0.3, 0.4) is 0 Å². The molecule has 1 aliphatic rings. The van der Waals surface area contributed by atoms with Crippen molar-refractivity contribution in [2.75, 3.05) is 18.4 Å². The second kappa shape index (κ2) is 7.67. The number of anilines is 1. The number of carbonyl (C=O) groups excluding carboxylic acids is 1. The molecular formula is C22H25N5O2. The molecule has 3 aromatic rings. The Labute approximate surface area is 168 Å². The molecular weight excluding hydrogens is 366 g/mol. The lowest BCUT2D eigenvalue weighted by atomic mass is 10.00. The number of amides is 1. The van der Waals surface area contributed by atoms with Crippen LogP contribution in [-0.4, -0.2) is 33.8 Å². The smallest absolute Gasteiger partial charge is 0.256 e. The summed E-state index contributed by atoms with van der Waals surface area (Å²) in [5, 5.41) is 11.4. The second-order valence-corrected chi connectivity index (χ2v) is 7.61. The Morgan fingerprint density at radius 2 is 2.00 bits per heavy atom. The van der Waals surface area contributed by atoms with E-state index in [1.165, 1.54) is 11.6 Å². The zero-order chi connectivity index (χ0) is 20.5. The van der Waals surface area contributed by atoms with Gasteiger partial charge in [0.05, 0.1) is 16.6 Å². The Bertz CT molecular complexity index is 1150. The van der Waals surface area contributed by atoms with Crippen molar-refractivity contribution in [3.05, 3.63) is 63.6 Å². The molecule has 0 unspecified atom stereocenters. The van der Waals surface area contributed by atoms with Crippen molar-refractivity contribution in [2.45, 2.75) is 33.2 Å². The molecule has 0 atom stereocenters. The summed E-state index contributed by atoms with van der Waals surface area (Å²) in [6.07, 6.45) is 3.19. The number of fused-ring (bicyclic) bond motifs is 1. The maximum Gasteiger partial charge on any atom is 0.256 e. The van der Waals surface area contributed by atoms with Gasteiger partial charge in [-0.2, -0.15) is 5.10 Å². The largest absolute Gasteiger partial charge is 0.322 e. The first kappa shape index (κ1) is 19.1. The molecule has 29 heavy (non-hydrogen) atoms. The zero-order valence-electron chi connectivity index (χ0n) is 16.9. The van der Waals surface area contributed by atoms with E-state index in [9.17, 15) is 9.59 Å². The summed E-state index contributed by atoms with van der Waals surface area (Å²) in [5.74, 6) is -0.318. The number of H-pyrrole nitrogens is 1. The molecule has 0 saturated heterocycles. The van der Waals surface area contributed by atoms with Gasteiger partial charge in [-0.15, -0.1) is 0 Å². The van der Waals surface area contributed by atoms with E-state index in [1.54, 1.807) is 4.68 Å². The quantitative estimate of drug-likeness (QED) is 0.637. The van der Waals surface area contributed by atoms with Crippen LogP contribution in [-0.2, 0) is 0 Å². The lowest BCUT2D eigenvalue weighted by Crippen LogP contribution is -2.20. The molecule has 0 radical (unpaired) electrons. The van der Waals surface area contributed by atoms with Gasteiger partial charge in [-0.1, -0.05) is 18.2 Å². The minimum Gasteiger partial charge on any atom is -0.322 e. The van der Waals surface area contributed by atoms with Gasteiger partial charge >= 0.3 is 0 Å². The number of nitrogens with zero attached hydrogens (tertiary/aromatic N) is 2. The van der Waals surface area contributed by atoms with Gasteiger partial charge in [0, 0.05) is 24.3 Å². The van der Waals surface area contributed by atoms with Crippen molar-refractivity contribution in [1.82, 2.24) is 20.1 Å². The number of hydrogen-bond donors (Lipinski definition) is 3. The van der Waals surface area contributed by atoms with E-state index in [2.05, 4.69) is 26.8 Å². The first-order valence-electron chi connectivity index (χ1n) is 9.87. The van der Waals surface area contributed by atoms with Gasteiger partial charge in [0.1, 0.15) is 5.65 Å². The summed E-state index contributed by atoms with van der Waals surface area (Å²) < 4.78 is 1.74. The van der Waals surface area contributed by atoms with Gasteiger partial charge in [-0.05, 0) is 57.0 Å². The highest BCUT2D eigenvalue weighted by atomic mass is 16.2. The van der Waals surface area contributed by atoms with Gasteiger partial charge in [0.2, 0.25) is 5.56 Å². The molecule has 3 N–H and O–H groups in total. The fourth-order valence-corrected chi connectivity index (χ4v) is 3.75. The third-order valence-corrected chi connectivity index (χ3v) is 5.18. The van der Waals surface area contributed by atoms with E-state index < -0.39 is 0 Å². The number of aromatic amines is 1. The number of aromatic nitrogens is 3. The topological polar surface area (TPSA) is 91.8 Å². The highest BCUT2D eigenvalue weighted by molar-refractivity contribution is 6.12. The fraction of sp³-hybridized carbons (Fsp3) is 0.318. The maximum atomic E-state index is 13.0. The Kier molecular flexibility index (Phi) is 5.07. The van der Waals surface area contributed by atoms with Crippen molar-refractivity contribution in [2.24, 2.45) is 0 Å². The van der Waals surface area contributed by atoms with Crippen LogP contribution in [0.5, 0.6) is 0 Å². The number of hydrogen-bond acceptors (Lipinski definition) is 4. The van der Waals surface area contributed by atoms with Crippen LogP contribution < -0.4 is 16.2 Å². The molecule has 0 aliphatic carbocycles. The van der Waals surface area contributed by atoms with Crippen molar-refractivity contribution in [3.63, 3.8) is 0 Å². The van der Waals surface area contributed by atoms with Crippen molar-refractivity contribution in [3.8, 4) is 0 Å². The van der Waals surface area contributed by atoms with Crippen LogP contribution in [0.25, 0.3) is 16.6 Å². The Balaban J connectivity index is 1.64. The summed E-state index contributed by atoms with van der Waals surface area (Å²) >= 11 is 0. The summed E-state index contributed by atoms with van der Waals surface area (Å²) in [6.45, 7) is 7.67. The van der Waals surface area contributed by atoms with E-state index in [-0.39, 0.29) is 17.5 Å². The number of aryl methyl sites for hydroxylation is 1. The predicted octanol–water partition coefficient (Wildman–Crippen LogP) is 3.24. The third kappa shape index (κ3) is 3.73. The molecule has 0 bridgehead atoms. The van der Waals surface area contributed by atoms with Gasteiger partial charge in [0.15, 0.2) is 0 Å². The number of carbonyl (C=O) groups is 1. The average Bonchev–Trinajstić information content (AvgIpc) is 3.05. The van der Waals surface area contributed by atoms with Gasteiger partial charge in [0.25, 0.3) is 5.91 Å². The van der Waals surface area contributed by atoms with Crippen LogP contribution in [0.2, 0.25) is 0 Å². The Morgan fingerprint density at radius 1 is 1.24 bits per heavy atom. The fourth-order valence-electron chi connectivity index (χ4n) is 3.75. The van der Waals surface area contributed by atoms with Gasteiger partial charge in [-0.3, -0.25) is 9.59 Å². The maximum absolute atomic E-state index is 13.0. The molecule has 1 aromatic carbocycles. The molecule has 0 spiro atoms. The number of rotatable bonds is 4. The minimum absolute atomic E-state index is 0.0667. The molecule has 3 heterocycles. The van der Waals surface area contributed by atoms with Gasteiger partial charge < -0.3 is 15.6 Å². The summed E-state index contributed by atoms with van der Waals surface area (Å²) in [7, 11) is 0. The highest BCUT2D eigenvalue weighted by Crippen LogP contribution is 2.24. The number of benzene rings is 1. The van der Waals surface area contributed by atoms with E-state index >= 15 is 0 Å². The monoisotopic (exact) mass is 391 g/mol. The van der Waals surface area contributed by atoms with E-state index in [4.69, 9.17) is 0 Å².